The molecule has 0 spiro atoms. The first-order chi connectivity index (χ1) is 12.6. The van der Waals surface area contributed by atoms with Crippen molar-refractivity contribution in [3.8, 4) is 0 Å². The lowest BCUT2D eigenvalue weighted by Crippen LogP contribution is -2.56. The van der Waals surface area contributed by atoms with Crippen molar-refractivity contribution in [2.45, 2.75) is 25.7 Å². The van der Waals surface area contributed by atoms with Gasteiger partial charge in [0.15, 0.2) is 0 Å². The molecule has 2 atom stereocenters. The van der Waals surface area contributed by atoms with Crippen LogP contribution in [0, 0.1) is 17.2 Å². The fraction of sp³-hybridized carbons (Fsp3) is 0.600. The third kappa shape index (κ3) is 3.00. The number of rotatable bonds is 2. The zero-order valence-electron chi connectivity index (χ0n) is 15.0. The lowest BCUT2D eigenvalue weighted by atomic mass is 9.67. The van der Waals surface area contributed by atoms with Gasteiger partial charge in [-0.15, -0.1) is 0 Å². The van der Waals surface area contributed by atoms with E-state index in [9.17, 15) is 14.0 Å². The van der Waals surface area contributed by atoms with Crippen LogP contribution in [0.15, 0.2) is 24.3 Å². The molecule has 3 fully saturated rings. The highest BCUT2D eigenvalue weighted by molar-refractivity contribution is 5.94. The number of piperazine rings is 1. The molecule has 2 amide bonds. The molecule has 4 rings (SSSR count). The number of halogens is 1. The highest BCUT2D eigenvalue weighted by Crippen LogP contribution is 2.45. The summed E-state index contributed by atoms with van der Waals surface area (Å²) < 4.78 is 13.4. The van der Waals surface area contributed by atoms with Crippen molar-refractivity contribution < 1.29 is 14.0 Å². The Morgan fingerprint density at radius 2 is 1.88 bits per heavy atom. The van der Waals surface area contributed by atoms with E-state index in [1.165, 1.54) is 18.6 Å². The number of carbonyl (C=O) groups excluding carboxylic acids is 2. The van der Waals surface area contributed by atoms with E-state index < -0.39 is 5.82 Å². The molecule has 0 radical (unpaired) electrons. The summed E-state index contributed by atoms with van der Waals surface area (Å²) in [6, 6.07) is 5.80. The molecule has 1 N–H and O–H groups in total. The van der Waals surface area contributed by atoms with Gasteiger partial charge in [-0.25, -0.2) is 4.39 Å². The maximum absolute atomic E-state index is 13.4. The molecule has 0 aromatic heterocycles. The molecule has 26 heavy (non-hydrogen) atoms. The van der Waals surface area contributed by atoms with Crippen LogP contribution in [0.2, 0.25) is 0 Å². The summed E-state index contributed by atoms with van der Waals surface area (Å²) >= 11 is 0. The Hall–Kier alpha value is -1.95. The normalized spacial score (nSPS) is 28.7. The van der Waals surface area contributed by atoms with Crippen molar-refractivity contribution in [1.29, 1.82) is 0 Å². The van der Waals surface area contributed by atoms with Gasteiger partial charge in [0, 0.05) is 38.3 Å². The van der Waals surface area contributed by atoms with Gasteiger partial charge in [0.2, 0.25) is 5.91 Å². The van der Waals surface area contributed by atoms with E-state index in [4.69, 9.17) is 0 Å². The van der Waals surface area contributed by atoms with Crippen molar-refractivity contribution in [2.24, 2.45) is 11.3 Å². The van der Waals surface area contributed by atoms with Crippen molar-refractivity contribution in [3.63, 3.8) is 0 Å². The Kier molecular flexibility index (Phi) is 4.69. The molecule has 0 bridgehead atoms. The van der Waals surface area contributed by atoms with Crippen LogP contribution < -0.4 is 5.32 Å². The monoisotopic (exact) mass is 359 g/mol. The smallest absolute Gasteiger partial charge is 0.254 e. The highest BCUT2D eigenvalue weighted by Gasteiger charge is 2.51. The first-order valence-electron chi connectivity index (χ1n) is 9.65. The zero-order valence-corrected chi connectivity index (χ0v) is 15.0. The van der Waals surface area contributed by atoms with Gasteiger partial charge < -0.3 is 15.1 Å². The third-order valence-electron chi connectivity index (χ3n) is 6.39. The topological polar surface area (TPSA) is 52.7 Å². The molecule has 2 heterocycles. The Morgan fingerprint density at radius 1 is 1.12 bits per heavy atom. The maximum Gasteiger partial charge on any atom is 0.254 e. The third-order valence-corrected chi connectivity index (χ3v) is 6.39. The van der Waals surface area contributed by atoms with Crippen LogP contribution in [0.3, 0.4) is 0 Å². The standard InChI is InChI=1S/C20H26FN3O2/c21-17-6-3-4-15(12-17)18(25)23-8-10-24(11-9-23)19(26)20-7-2-1-5-16(20)13-22-14-20/h3-4,6,12,16,22H,1-2,5,7-11,13-14H2/t16-,20+/m0/s1. The minimum absolute atomic E-state index is 0.159. The number of hydrogen-bond donors (Lipinski definition) is 1. The second kappa shape index (κ2) is 6.99. The zero-order chi connectivity index (χ0) is 18.1. The number of amides is 2. The van der Waals surface area contributed by atoms with Gasteiger partial charge in [-0.3, -0.25) is 9.59 Å². The van der Waals surface area contributed by atoms with Crippen LogP contribution >= 0.6 is 0 Å². The van der Waals surface area contributed by atoms with Gasteiger partial charge in [0.25, 0.3) is 5.91 Å². The average Bonchev–Trinajstić information content (AvgIpc) is 3.12. The van der Waals surface area contributed by atoms with Crippen molar-refractivity contribution in [1.82, 2.24) is 15.1 Å². The Labute approximate surface area is 153 Å². The summed E-state index contributed by atoms with van der Waals surface area (Å²) in [5, 5.41) is 3.43. The molecular formula is C20H26FN3O2. The molecule has 1 aliphatic carbocycles. The largest absolute Gasteiger partial charge is 0.339 e. The predicted octanol–water partition coefficient (Wildman–Crippen LogP) is 1.89. The summed E-state index contributed by atoms with van der Waals surface area (Å²) in [7, 11) is 0. The van der Waals surface area contributed by atoms with Gasteiger partial charge in [-0.05, 0) is 43.5 Å². The molecule has 2 aliphatic heterocycles. The lowest BCUT2D eigenvalue weighted by molar-refractivity contribution is -0.146. The molecular weight excluding hydrogens is 333 g/mol. The van der Waals surface area contributed by atoms with Crippen LogP contribution in [0.5, 0.6) is 0 Å². The Morgan fingerprint density at radius 3 is 2.65 bits per heavy atom. The molecule has 6 heteroatoms. The second-order valence-corrected chi connectivity index (χ2v) is 7.82. The van der Waals surface area contributed by atoms with Crippen molar-refractivity contribution in [3.05, 3.63) is 35.6 Å². The van der Waals surface area contributed by atoms with Gasteiger partial charge >= 0.3 is 0 Å². The molecule has 2 saturated heterocycles. The summed E-state index contributed by atoms with van der Waals surface area (Å²) in [6.45, 7) is 3.88. The molecule has 0 unspecified atom stereocenters. The van der Waals surface area contributed by atoms with E-state index in [1.54, 1.807) is 17.0 Å². The number of benzene rings is 1. The molecule has 1 aromatic rings. The number of nitrogens with zero attached hydrogens (tertiary/aromatic N) is 2. The summed E-state index contributed by atoms with van der Waals surface area (Å²) in [4.78, 5) is 29.5. The maximum atomic E-state index is 13.4. The van der Waals surface area contributed by atoms with Gasteiger partial charge in [0.05, 0.1) is 5.41 Å². The van der Waals surface area contributed by atoms with Crippen molar-refractivity contribution >= 4 is 11.8 Å². The second-order valence-electron chi connectivity index (χ2n) is 7.82. The predicted molar refractivity (Wildman–Crippen MR) is 96.1 cm³/mol. The number of fused-ring (bicyclic) bond motifs is 1. The van der Waals surface area contributed by atoms with E-state index >= 15 is 0 Å². The van der Waals surface area contributed by atoms with Gasteiger partial charge in [-0.2, -0.15) is 0 Å². The quantitative estimate of drug-likeness (QED) is 0.877. The molecule has 5 nitrogen and oxygen atoms in total. The first kappa shape index (κ1) is 17.5. The van der Waals surface area contributed by atoms with E-state index in [2.05, 4.69) is 5.32 Å². The first-order valence-corrected chi connectivity index (χ1v) is 9.65. The molecule has 1 aromatic carbocycles. The molecule has 1 saturated carbocycles. The van der Waals surface area contributed by atoms with E-state index in [0.29, 0.717) is 37.7 Å². The lowest BCUT2D eigenvalue weighted by Gasteiger charge is -2.43. The van der Waals surface area contributed by atoms with Crippen molar-refractivity contribution in [2.75, 3.05) is 39.3 Å². The average molecular weight is 359 g/mol. The minimum atomic E-state index is -0.402. The SMILES string of the molecule is O=C(c1cccc(F)c1)N1CCN(C(=O)[C@@]23CCCC[C@H]2CNC3)CC1. The molecule has 3 aliphatic rings. The summed E-state index contributed by atoms with van der Waals surface area (Å²) in [6.07, 6.45) is 4.46. The van der Waals surface area contributed by atoms with Crippen LogP contribution in [0.4, 0.5) is 4.39 Å². The summed E-state index contributed by atoms with van der Waals surface area (Å²) in [5.41, 5.74) is 0.142. The van der Waals surface area contributed by atoms with Crippen LogP contribution in [-0.2, 0) is 4.79 Å². The minimum Gasteiger partial charge on any atom is -0.339 e. The van der Waals surface area contributed by atoms with E-state index in [-0.39, 0.29) is 17.2 Å². The van der Waals surface area contributed by atoms with Gasteiger partial charge in [0.1, 0.15) is 5.82 Å². The van der Waals surface area contributed by atoms with Crippen LogP contribution in [0.25, 0.3) is 0 Å². The summed E-state index contributed by atoms with van der Waals surface area (Å²) in [5.74, 6) is 0.162. The number of nitrogens with one attached hydrogen (secondary N) is 1. The highest BCUT2D eigenvalue weighted by atomic mass is 19.1. The fourth-order valence-corrected chi connectivity index (χ4v) is 4.90. The van der Waals surface area contributed by atoms with Crippen LogP contribution in [-0.4, -0.2) is 60.9 Å². The van der Waals surface area contributed by atoms with E-state index in [1.807, 2.05) is 4.90 Å². The number of carbonyl (C=O) groups is 2. The van der Waals surface area contributed by atoms with Crippen LogP contribution in [0.1, 0.15) is 36.0 Å². The fourth-order valence-electron chi connectivity index (χ4n) is 4.90. The van der Waals surface area contributed by atoms with E-state index in [0.717, 1.165) is 32.4 Å². The van der Waals surface area contributed by atoms with Gasteiger partial charge in [-0.1, -0.05) is 18.9 Å². The molecule has 140 valence electrons. The Balaban J connectivity index is 1.40. The number of hydrogen-bond acceptors (Lipinski definition) is 3. The Bertz CT molecular complexity index is 702.